The molecule has 0 spiro atoms. The zero-order chi connectivity index (χ0) is 12.2. The van der Waals surface area contributed by atoms with Crippen LogP contribution >= 0.6 is 23.5 Å². The quantitative estimate of drug-likeness (QED) is 0.709. The van der Waals surface area contributed by atoms with E-state index in [4.69, 9.17) is 0 Å². The normalized spacial score (nSPS) is 14.9. The van der Waals surface area contributed by atoms with E-state index in [9.17, 15) is 0 Å². The van der Waals surface area contributed by atoms with E-state index in [-0.39, 0.29) is 0 Å². The fourth-order valence-corrected chi connectivity index (χ4v) is 3.78. The molecule has 0 radical (unpaired) electrons. The third kappa shape index (κ3) is 2.55. The van der Waals surface area contributed by atoms with E-state index in [1.54, 1.807) is 23.5 Å². The van der Waals surface area contributed by atoms with Crippen LogP contribution in [0.15, 0.2) is 71.5 Å². The first-order chi connectivity index (χ1) is 8.93. The van der Waals surface area contributed by atoms with E-state index in [1.165, 1.54) is 20.9 Å². The maximum Gasteiger partial charge on any atom is 0.0255 e. The molecule has 0 bridgehead atoms. The number of benzene rings is 2. The Hall–Kier alpha value is -1.38. The van der Waals surface area contributed by atoms with Crippen LogP contribution in [0.5, 0.6) is 0 Å². The van der Waals surface area contributed by atoms with Gasteiger partial charge in [0.2, 0.25) is 0 Å². The van der Waals surface area contributed by atoms with Crippen LogP contribution in [-0.2, 0) is 0 Å². The Kier molecular flexibility index (Phi) is 3.58. The van der Waals surface area contributed by atoms with Crippen molar-refractivity contribution in [2.24, 2.45) is 0 Å². The summed E-state index contributed by atoms with van der Waals surface area (Å²) in [5.41, 5.74) is 2.58. The summed E-state index contributed by atoms with van der Waals surface area (Å²) in [5, 5.41) is 4.48. The maximum absolute atomic E-state index is 2.24. The molecule has 0 amide bonds. The van der Waals surface area contributed by atoms with Crippen molar-refractivity contribution in [2.75, 3.05) is 0 Å². The molecule has 1 aliphatic rings. The van der Waals surface area contributed by atoms with Crippen LogP contribution in [-0.4, -0.2) is 0 Å². The molecule has 18 heavy (non-hydrogen) atoms. The van der Waals surface area contributed by atoms with Crippen LogP contribution in [0.1, 0.15) is 11.1 Å². The molecule has 2 aromatic rings. The lowest BCUT2D eigenvalue weighted by Crippen LogP contribution is -1.84. The highest BCUT2D eigenvalue weighted by Gasteiger charge is 2.09. The first-order valence-electron chi connectivity index (χ1n) is 5.78. The maximum atomic E-state index is 2.24. The number of rotatable bonds is 2. The highest BCUT2D eigenvalue weighted by Crippen LogP contribution is 2.43. The predicted molar refractivity (Wildman–Crippen MR) is 84.0 cm³/mol. The van der Waals surface area contributed by atoms with Gasteiger partial charge in [-0.25, -0.2) is 0 Å². The van der Waals surface area contributed by atoms with Crippen LogP contribution in [0.25, 0.3) is 9.81 Å². The summed E-state index contributed by atoms with van der Waals surface area (Å²) in [6.45, 7) is 0. The van der Waals surface area contributed by atoms with Crippen LogP contribution < -0.4 is 0 Å². The van der Waals surface area contributed by atoms with Crippen LogP contribution in [0.3, 0.4) is 0 Å². The van der Waals surface area contributed by atoms with Gasteiger partial charge in [0.05, 0.1) is 0 Å². The SMILES string of the molecule is C1=C(c2ccccc2)SC=C(c2ccccc2)S1. The Bertz CT molecular complexity index is 528. The molecule has 1 aliphatic heterocycles. The Balaban J connectivity index is 1.79. The second-order valence-electron chi connectivity index (χ2n) is 3.93. The zero-order valence-electron chi connectivity index (χ0n) is 9.74. The van der Waals surface area contributed by atoms with Gasteiger partial charge in [0.25, 0.3) is 0 Å². The fraction of sp³-hybridized carbons (Fsp3) is 0. The predicted octanol–water partition coefficient (Wildman–Crippen LogP) is 5.46. The van der Waals surface area contributed by atoms with Gasteiger partial charge in [-0.15, -0.1) is 0 Å². The highest BCUT2D eigenvalue weighted by atomic mass is 32.2. The molecule has 0 nitrogen and oxygen atoms in total. The molecule has 3 rings (SSSR count). The van der Waals surface area contributed by atoms with E-state index in [0.717, 1.165) is 0 Å². The molecule has 0 saturated carbocycles. The molecule has 0 aromatic heterocycles. The minimum absolute atomic E-state index is 1.29. The fourth-order valence-electron chi connectivity index (χ4n) is 1.77. The molecule has 0 N–H and O–H groups in total. The molecule has 2 aromatic carbocycles. The summed E-state index contributed by atoms with van der Waals surface area (Å²) in [6.07, 6.45) is 0. The minimum atomic E-state index is 1.29. The minimum Gasteiger partial charge on any atom is -0.0957 e. The van der Waals surface area contributed by atoms with E-state index >= 15 is 0 Å². The van der Waals surface area contributed by atoms with Crippen molar-refractivity contribution < 1.29 is 0 Å². The molecule has 0 aliphatic carbocycles. The topological polar surface area (TPSA) is 0 Å². The summed E-state index contributed by atoms with van der Waals surface area (Å²) in [7, 11) is 0. The Morgan fingerprint density at radius 1 is 0.500 bits per heavy atom. The van der Waals surface area contributed by atoms with Gasteiger partial charge in [0.1, 0.15) is 0 Å². The summed E-state index contributed by atoms with van der Waals surface area (Å²) in [6, 6.07) is 21.0. The van der Waals surface area contributed by atoms with Crippen molar-refractivity contribution in [3.63, 3.8) is 0 Å². The second-order valence-corrected chi connectivity index (χ2v) is 5.75. The van der Waals surface area contributed by atoms with Crippen molar-refractivity contribution in [1.82, 2.24) is 0 Å². The van der Waals surface area contributed by atoms with Crippen LogP contribution in [0.4, 0.5) is 0 Å². The van der Waals surface area contributed by atoms with Crippen molar-refractivity contribution >= 4 is 33.3 Å². The molecular formula is C16H12S2. The van der Waals surface area contributed by atoms with Gasteiger partial charge in [0.15, 0.2) is 0 Å². The second kappa shape index (κ2) is 5.51. The smallest absolute Gasteiger partial charge is 0.0255 e. The molecule has 0 atom stereocenters. The molecular weight excluding hydrogens is 256 g/mol. The standard InChI is InChI=1S/C16H12S2/c1-3-7-13(8-4-1)15-11-18-16(12-17-15)14-9-5-2-6-10-14/h1-12H. The molecule has 0 unspecified atom stereocenters. The van der Waals surface area contributed by atoms with E-state index in [0.29, 0.717) is 0 Å². The summed E-state index contributed by atoms with van der Waals surface area (Å²) < 4.78 is 0. The van der Waals surface area contributed by atoms with Crippen molar-refractivity contribution in [2.45, 2.75) is 0 Å². The molecule has 2 heteroatoms. The average Bonchev–Trinajstić information content (AvgIpc) is 2.49. The monoisotopic (exact) mass is 268 g/mol. The zero-order valence-corrected chi connectivity index (χ0v) is 11.4. The van der Waals surface area contributed by atoms with Crippen molar-refractivity contribution in [1.29, 1.82) is 0 Å². The van der Waals surface area contributed by atoms with E-state index in [1.807, 2.05) is 0 Å². The van der Waals surface area contributed by atoms with Crippen LogP contribution in [0, 0.1) is 0 Å². The number of hydrogen-bond donors (Lipinski definition) is 0. The van der Waals surface area contributed by atoms with Gasteiger partial charge in [-0.3, -0.25) is 0 Å². The summed E-state index contributed by atoms with van der Waals surface area (Å²) in [5.74, 6) is 0. The highest BCUT2D eigenvalue weighted by molar-refractivity contribution is 8.18. The number of thioether (sulfide) groups is 2. The third-order valence-corrected chi connectivity index (χ3v) is 4.92. The average molecular weight is 268 g/mol. The largest absolute Gasteiger partial charge is 0.0957 e. The molecule has 0 fully saturated rings. The summed E-state index contributed by atoms with van der Waals surface area (Å²) >= 11 is 3.59. The van der Waals surface area contributed by atoms with Crippen molar-refractivity contribution in [3.8, 4) is 0 Å². The molecule has 1 heterocycles. The summed E-state index contributed by atoms with van der Waals surface area (Å²) in [4.78, 5) is 2.64. The first-order valence-corrected chi connectivity index (χ1v) is 7.54. The Labute approximate surface area is 116 Å². The lowest BCUT2D eigenvalue weighted by Gasteiger charge is -2.13. The Morgan fingerprint density at radius 2 is 0.889 bits per heavy atom. The van der Waals surface area contributed by atoms with Gasteiger partial charge in [-0.1, -0.05) is 84.2 Å². The van der Waals surface area contributed by atoms with Gasteiger partial charge < -0.3 is 0 Å². The third-order valence-electron chi connectivity index (χ3n) is 2.70. The lowest BCUT2D eigenvalue weighted by molar-refractivity contribution is 1.65. The first kappa shape index (κ1) is 11.7. The van der Waals surface area contributed by atoms with Crippen molar-refractivity contribution in [3.05, 3.63) is 82.6 Å². The van der Waals surface area contributed by atoms with Crippen LogP contribution in [0.2, 0.25) is 0 Å². The van der Waals surface area contributed by atoms with Gasteiger partial charge >= 0.3 is 0 Å². The lowest BCUT2D eigenvalue weighted by atomic mass is 10.2. The van der Waals surface area contributed by atoms with E-state index in [2.05, 4.69) is 71.5 Å². The van der Waals surface area contributed by atoms with Gasteiger partial charge in [0, 0.05) is 9.81 Å². The van der Waals surface area contributed by atoms with Gasteiger partial charge in [-0.05, 0) is 21.9 Å². The molecule has 0 saturated heterocycles. The van der Waals surface area contributed by atoms with Gasteiger partial charge in [-0.2, -0.15) is 0 Å². The Morgan fingerprint density at radius 3 is 1.22 bits per heavy atom. The number of hydrogen-bond acceptors (Lipinski definition) is 2. The molecule has 88 valence electrons. The van der Waals surface area contributed by atoms with E-state index < -0.39 is 0 Å².